The Labute approximate surface area is 59.4 Å². The van der Waals surface area contributed by atoms with Crippen LogP contribution in [0.15, 0.2) is 0 Å². The maximum absolute atomic E-state index is 10.1. The summed E-state index contributed by atoms with van der Waals surface area (Å²) in [6, 6.07) is -0.779. The summed E-state index contributed by atoms with van der Waals surface area (Å²) < 4.78 is 0. The SMILES string of the molecule is NCNCCC(N)C(=O)O. The summed E-state index contributed by atoms with van der Waals surface area (Å²) in [4.78, 5) is 10.1. The first kappa shape index (κ1) is 9.35. The highest BCUT2D eigenvalue weighted by Gasteiger charge is 2.09. The molecular weight excluding hydrogens is 134 g/mol. The molecule has 6 N–H and O–H groups in total. The van der Waals surface area contributed by atoms with Gasteiger partial charge in [0, 0.05) is 6.67 Å². The predicted octanol–water partition coefficient (Wildman–Crippen LogP) is -1.71. The van der Waals surface area contributed by atoms with Crippen molar-refractivity contribution in [2.24, 2.45) is 11.5 Å². The van der Waals surface area contributed by atoms with Crippen LogP contribution in [-0.2, 0) is 4.79 Å². The molecule has 0 saturated heterocycles. The molecule has 0 bridgehead atoms. The highest BCUT2D eigenvalue weighted by molar-refractivity contribution is 5.72. The quantitative estimate of drug-likeness (QED) is 0.274. The van der Waals surface area contributed by atoms with Gasteiger partial charge < -0.3 is 21.9 Å². The van der Waals surface area contributed by atoms with Crippen LogP contribution in [0, 0.1) is 0 Å². The minimum absolute atomic E-state index is 0.354. The lowest BCUT2D eigenvalue weighted by atomic mass is 10.2. The van der Waals surface area contributed by atoms with Gasteiger partial charge in [-0.25, -0.2) is 0 Å². The second kappa shape index (κ2) is 5.16. The van der Waals surface area contributed by atoms with Crippen LogP contribution in [0.1, 0.15) is 6.42 Å². The van der Waals surface area contributed by atoms with Crippen LogP contribution in [0.4, 0.5) is 0 Å². The van der Waals surface area contributed by atoms with E-state index in [0.29, 0.717) is 19.6 Å². The second-order valence-corrected chi connectivity index (χ2v) is 1.94. The molecule has 0 saturated carbocycles. The largest absolute Gasteiger partial charge is 0.480 e. The fourth-order valence-corrected chi connectivity index (χ4v) is 0.483. The monoisotopic (exact) mass is 147 g/mol. The first-order chi connectivity index (χ1) is 4.68. The number of aliphatic carboxylic acids is 1. The maximum Gasteiger partial charge on any atom is 0.320 e. The third-order valence-electron chi connectivity index (χ3n) is 1.09. The second-order valence-electron chi connectivity index (χ2n) is 1.94. The van der Waals surface area contributed by atoms with E-state index in [0.717, 1.165) is 0 Å². The van der Waals surface area contributed by atoms with Crippen LogP contribution in [0.25, 0.3) is 0 Å². The van der Waals surface area contributed by atoms with Gasteiger partial charge in [0.2, 0.25) is 0 Å². The third-order valence-corrected chi connectivity index (χ3v) is 1.09. The Bertz CT molecular complexity index is 107. The zero-order valence-electron chi connectivity index (χ0n) is 5.71. The normalized spacial score (nSPS) is 13.0. The smallest absolute Gasteiger partial charge is 0.320 e. The minimum atomic E-state index is -0.973. The van der Waals surface area contributed by atoms with E-state index in [1.54, 1.807) is 0 Å². The van der Waals surface area contributed by atoms with E-state index in [4.69, 9.17) is 16.6 Å². The maximum atomic E-state index is 10.1. The fourth-order valence-electron chi connectivity index (χ4n) is 0.483. The number of hydrogen-bond acceptors (Lipinski definition) is 4. The average molecular weight is 147 g/mol. The van der Waals surface area contributed by atoms with Crippen molar-refractivity contribution in [1.82, 2.24) is 5.32 Å². The Morgan fingerprint density at radius 1 is 1.70 bits per heavy atom. The molecule has 0 aliphatic heterocycles. The molecule has 5 heteroatoms. The van der Waals surface area contributed by atoms with E-state index in [2.05, 4.69) is 5.32 Å². The predicted molar refractivity (Wildman–Crippen MR) is 37.3 cm³/mol. The molecule has 1 atom stereocenters. The van der Waals surface area contributed by atoms with Gasteiger partial charge >= 0.3 is 5.97 Å². The third kappa shape index (κ3) is 4.25. The molecule has 1 unspecified atom stereocenters. The van der Waals surface area contributed by atoms with Gasteiger partial charge in [-0.1, -0.05) is 0 Å². The Balaban J connectivity index is 3.21. The van der Waals surface area contributed by atoms with E-state index in [-0.39, 0.29) is 0 Å². The molecule has 0 aliphatic rings. The van der Waals surface area contributed by atoms with E-state index in [1.165, 1.54) is 0 Å². The Hall–Kier alpha value is -0.650. The standard InChI is InChI=1S/C5H13N3O2/c6-3-8-2-1-4(7)5(9)10/h4,8H,1-3,6-7H2,(H,9,10). The van der Waals surface area contributed by atoms with E-state index in [1.807, 2.05) is 0 Å². The number of hydrogen-bond donors (Lipinski definition) is 4. The molecule has 0 aromatic heterocycles. The van der Waals surface area contributed by atoms with Crippen LogP contribution >= 0.6 is 0 Å². The Morgan fingerprint density at radius 3 is 2.70 bits per heavy atom. The number of carbonyl (C=O) groups is 1. The van der Waals surface area contributed by atoms with Crippen molar-refractivity contribution in [2.75, 3.05) is 13.2 Å². The molecule has 0 aromatic rings. The lowest BCUT2D eigenvalue weighted by molar-refractivity contribution is -0.138. The molecular formula is C5H13N3O2. The first-order valence-corrected chi connectivity index (χ1v) is 3.07. The molecule has 0 heterocycles. The molecule has 0 amide bonds. The van der Waals surface area contributed by atoms with E-state index >= 15 is 0 Å². The molecule has 0 aliphatic carbocycles. The van der Waals surface area contributed by atoms with Gasteiger partial charge in [-0.15, -0.1) is 0 Å². The lowest BCUT2D eigenvalue weighted by Crippen LogP contribution is -2.35. The summed E-state index contributed by atoms with van der Waals surface area (Å²) in [5, 5.41) is 11.1. The summed E-state index contributed by atoms with van der Waals surface area (Å²) in [7, 11) is 0. The van der Waals surface area contributed by atoms with E-state index < -0.39 is 12.0 Å². The Morgan fingerprint density at radius 2 is 2.30 bits per heavy atom. The van der Waals surface area contributed by atoms with Crippen molar-refractivity contribution in [1.29, 1.82) is 0 Å². The average Bonchev–Trinajstić information content (AvgIpc) is 1.88. The van der Waals surface area contributed by atoms with E-state index in [9.17, 15) is 4.79 Å². The molecule has 60 valence electrons. The van der Waals surface area contributed by atoms with Crippen molar-refractivity contribution in [3.8, 4) is 0 Å². The van der Waals surface area contributed by atoms with Crippen LogP contribution in [-0.4, -0.2) is 30.3 Å². The number of rotatable bonds is 5. The van der Waals surface area contributed by atoms with Gasteiger partial charge in [0.25, 0.3) is 0 Å². The van der Waals surface area contributed by atoms with Crippen molar-refractivity contribution in [2.45, 2.75) is 12.5 Å². The summed E-state index contributed by atoms with van der Waals surface area (Å²) >= 11 is 0. The zero-order valence-corrected chi connectivity index (χ0v) is 5.71. The summed E-state index contributed by atoms with van der Waals surface area (Å²) in [6.45, 7) is 0.899. The van der Waals surface area contributed by atoms with Gasteiger partial charge in [-0.2, -0.15) is 0 Å². The molecule has 0 rings (SSSR count). The number of nitrogens with two attached hydrogens (primary N) is 2. The van der Waals surface area contributed by atoms with Gasteiger partial charge in [-0.05, 0) is 13.0 Å². The van der Waals surface area contributed by atoms with Crippen molar-refractivity contribution < 1.29 is 9.90 Å². The molecule has 5 nitrogen and oxygen atoms in total. The van der Waals surface area contributed by atoms with Crippen molar-refractivity contribution >= 4 is 5.97 Å². The van der Waals surface area contributed by atoms with Crippen molar-refractivity contribution in [3.63, 3.8) is 0 Å². The van der Waals surface area contributed by atoms with Crippen LogP contribution in [0.2, 0.25) is 0 Å². The molecule has 0 aromatic carbocycles. The van der Waals surface area contributed by atoms with Crippen molar-refractivity contribution in [3.05, 3.63) is 0 Å². The Kier molecular flexibility index (Phi) is 4.82. The number of nitrogens with one attached hydrogen (secondary N) is 1. The van der Waals surface area contributed by atoms with Gasteiger partial charge in [0.15, 0.2) is 0 Å². The van der Waals surface area contributed by atoms with Gasteiger partial charge in [0.05, 0.1) is 0 Å². The van der Waals surface area contributed by atoms with Crippen LogP contribution in [0.3, 0.4) is 0 Å². The van der Waals surface area contributed by atoms with Gasteiger partial charge in [-0.3, -0.25) is 4.79 Å². The summed E-state index contributed by atoms with van der Waals surface area (Å²) in [6.07, 6.45) is 0.409. The first-order valence-electron chi connectivity index (χ1n) is 3.07. The fraction of sp³-hybridized carbons (Fsp3) is 0.800. The minimum Gasteiger partial charge on any atom is -0.480 e. The van der Waals surface area contributed by atoms with Crippen LogP contribution in [0.5, 0.6) is 0 Å². The summed E-state index contributed by atoms with van der Waals surface area (Å²) in [5.74, 6) is -0.973. The van der Waals surface area contributed by atoms with Gasteiger partial charge in [0.1, 0.15) is 6.04 Å². The summed E-state index contributed by atoms with van der Waals surface area (Å²) in [5.41, 5.74) is 10.3. The molecule has 0 radical (unpaired) electrons. The molecule has 0 fully saturated rings. The lowest BCUT2D eigenvalue weighted by Gasteiger charge is -2.04. The zero-order chi connectivity index (χ0) is 7.98. The highest BCUT2D eigenvalue weighted by Crippen LogP contribution is 1.84. The van der Waals surface area contributed by atoms with Crippen LogP contribution < -0.4 is 16.8 Å². The number of carboxylic acid groups (broad SMARTS) is 1. The number of carboxylic acids is 1. The topological polar surface area (TPSA) is 101 Å². The molecule has 10 heavy (non-hydrogen) atoms. The molecule has 0 spiro atoms. The highest BCUT2D eigenvalue weighted by atomic mass is 16.4.